The van der Waals surface area contributed by atoms with E-state index < -0.39 is 21.7 Å². The van der Waals surface area contributed by atoms with Gasteiger partial charge in [0.15, 0.2) is 16.6 Å². The number of halogens is 1. The van der Waals surface area contributed by atoms with Crippen LogP contribution in [-0.4, -0.2) is 32.5 Å². The molecule has 1 amide bonds. The Balaban J connectivity index is 1.29. The summed E-state index contributed by atoms with van der Waals surface area (Å²) in [5, 5.41) is 4.93. The van der Waals surface area contributed by atoms with Crippen LogP contribution < -0.4 is 19.5 Å². The van der Waals surface area contributed by atoms with Gasteiger partial charge in [-0.05, 0) is 60.7 Å². The molecule has 0 radical (unpaired) electrons. The number of ether oxygens (including phenoxy) is 2. The average Bonchev–Trinajstić information content (AvgIpc) is 3.32. The summed E-state index contributed by atoms with van der Waals surface area (Å²) >= 11 is 1.26. The van der Waals surface area contributed by atoms with E-state index in [0.717, 1.165) is 29.8 Å². The van der Waals surface area contributed by atoms with Gasteiger partial charge in [-0.1, -0.05) is 6.07 Å². The molecule has 2 N–H and O–H groups in total. The molecule has 5 rings (SSSR count). The number of hydrogen-bond donors (Lipinski definition) is 2. The second-order valence-electron chi connectivity index (χ2n) is 7.49. The van der Waals surface area contributed by atoms with Gasteiger partial charge in [-0.25, -0.2) is 17.8 Å². The molecule has 178 valence electrons. The van der Waals surface area contributed by atoms with Crippen LogP contribution in [0.4, 0.5) is 15.2 Å². The summed E-state index contributed by atoms with van der Waals surface area (Å²) in [6.45, 7) is 0.988. The summed E-state index contributed by atoms with van der Waals surface area (Å²) in [7, 11) is -3.94. The third kappa shape index (κ3) is 5.10. The number of thiazole rings is 1. The number of benzene rings is 3. The Morgan fingerprint density at radius 2 is 1.74 bits per heavy atom. The van der Waals surface area contributed by atoms with E-state index in [1.807, 2.05) is 23.6 Å². The van der Waals surface area contributed by atoms with E-state index >= 15 is 0 Å². The van der Waals surface area contributed by atoms with Crippen molar-refractivity contribution in [3.63, 3.8) is 0 Å². The zero-order valence-electron chi connectivity index (χ0n) is 18.0. The van der Waals surface area contributed by atoms with E-state index in [1.165, 1.54) is 23.5 Å². The molecule has 1 aromatic heterocycles. The minimum atomic E-state index is -3.94. The van der Waals surface area contributed by atoms with Crippen molar-refractivity contribution in [2.45, 2.75) is 4.90 Å². The molecule has 11 heteroatoms. The van der Waals surface area contributed by atoms with Gasteiger partial charge in [-0.2, -0.15) is 0 Å². The molecule has 3 aromatic carbocycles. The average molecular weight is 512 g/mol. The molecule has 8 nitrogen and oxygen atoms in total. The number of hydrogen-bond acceptors (Lipinski definition) is 7. The standard InChI is InChI=1S/C24H18FN3O5S2/c25-17-5-7-19(8-6-17)35(30,31)28-18-3-1-2-16(12-18)23(29)27-24-26-20(14-34-24)15-4-9-21-22(13-15)33-11-10-32-21/h1-9,12-14,28H,10-11H2,(H,26,27,29). The number of anilines is 2. The quantitative estimate of drug-likeness (QED) is 0.386. The molecule has 0 atom stereocenters. The molecule has 0 spiro atoms. The molecule has 0 bridgehead atoms. The summed E-state index contributed by atoms with van der Waals surface area (Å²) in [6, 6.07) is 16.0. The maximum Gasteiger partial charge on any atom is 0.261 e. The predicted octanol–water partition coefficient (Wildman–Crippen LogP) is 4.77. The zero-order chi connectivity index (χ0) is 24.4. The van der Waals surface area contributed by atoms with Gasteiger partial charge in [-0.15, -0.1) is 11.3 Å². The van der Waals surface area contributed by atoms with Crippen LogP contribution in [0.25, 0.3) is 11.3 Å². The normalized spacial score (nSPS) is 12.7. The predicted molar refractivity (Wildman–Crippen MR) is 130 cm³/mol. The molecule has 1 aliphatic rings. The number of amides is 1. The zero-order valence-corrected chi connectivity index (χ0v) is 19.7. The van der Waals surface area contributed by atoms with E-state index in [0.29, 0.717) is 35.5 Å². The highest BCUT2D eigenvalue weighted by atomic mass is 32.2. The fourth-order valence-electron chi connectivity index (χ4n) is 3.39. The molecular formula is C24H18FN3O5S2. The number of sulfonamides is 1. The molecule has 4 aromatic rings. The Morgan fingerprint density at radius 3 is 2.54 bits per heavy atom. The van der Waals surface area contributed by atoms with Crippen molar-refractivity contribution in [3.8, 4) is 22.8 Å². The summed E-state index contributed by atoms with van der Waals surface area (Å²) in [6.07, 6.45) is 0. The number of nitrogens with zero attached hydrogens (tertiary/aromatic N) is 1. The highest BCUT2D eigenvalue weighted by Crippen LogP contribution is 2.35. The van der Waals surface area contributed by atoms with Crippen LogP contribution in [0.15, 0.2) is 77.0 Å². The SMILES string of the molecule is O=C(Nc1nc(-c2ccc3c(c2)OCCO3)cs1)c1cccc(NS(=O)(=O)c2ccc(F)cc2)c1. The highest BCUT2D eigenvalue weighted by Gasteiger charge is 2.17. The van der Waals surface area contributed by atoms with Crippen LogP contribution >= 0.6 is 11.3 Å². The summed E-state index contributed by atoms with van der Waals surface area (Å²) in [5.41, 5.74) is 1.92. The van der Waals surface area contributed by atoms with E-state index in [4.69, 9.17) is 9.47 Å². The van der Waals surface area contributed by atoms with Crippen molar-refractivity contribution in [2.24, 2.45) is 0 Å². The largest absolute Gasteiger partial charge is 0.486 e. The third-order valence-electron chi connectivity index (χ3n) is 5.06. The van der Waals surface area contributed by atoms with Crippen LogP contribution in [0.2, 0.25) is 0 Å². The molecule has 0 saturated carbocycles. The first-order valence-corrected chi connectivity index (χ1v) is 12.8. The molecule has 35 heavy (non-hydrogen) atoms. The Labute approximate surface area is 204 Å². The minimum Gasteiger partial charge on any atom is -0.486 e. The van der Waals surface area contributed by atoms with Gasteiger partial charge in [0.1, 0.15) is 19.0 Å². The second kappa shape index (κ2) is 9.35. The number of fused-ring (bicyclic) bond motifs is 1. The van der Waals surface area contributed by atoms with E-state index in [2.05, 4.69) is 15.0 Å². The number of nitrogens with one attached hydrogen (secondary N) is 2. The number of carbonyl (C=O) groups is 1. The Morgan fingerprint density at radius 1 is 0.971 bits per heavy atom. The molecule has 1 aliphatic heterocycles. The lowest BCUT2D eigenvalue weighted by Gasteiger charge is -2.18. The van der Waals surface area contributed by atoms with Gasteiger partial charge >= 0.3 is 0 Å². The molecule has 0 unspecified atom stereocenters. The van der Waals surface area contributed by atoms with Crippen LogP contribution in [-0.2, 0) is 10.0 Å². The van der Waals surface area contributed by atoms with Crippen LogP contribution in [0, 0.1) is 5.82 Å². The first-order valence-electron chi connectivity index (χ1n) is 10.4. The number of aromatic nitrogens is 1. The molecular weight excluding hydrogens is 493 g/mol. The van der Waals surface area contributed by atoms with Crippen molar-refractivity contribution >= 4 is 38.1 Å². The topological polar surface area (TPSA) is 107 Å². The van der Waals surface area contributed by atoms with Crippen molar-refractivity contribution in [2.75, 3.05) is 23.3 Å². The van der Waals surface area contributed by atoms with Crippen molar-refractivity contribution < 1.29 is 27.1 Å². The van der Waals surface area contributed by atoms with E-state index in [-0.39, 0.29) is 16.1 Å². The Bertz CT molecular complexity index is 1500. The minimum absolute atomic E-state index is 0.0943. The first kappa shape index (κ1) is 22.8. The van der Waals surface area contributed by atoms with Crippen molar-refractivity contribution in [1.29, 1.82) is 0 Å². The Hall–Kier alpha value is -3.96. The van der Waals surface area contributed by atoms with Gasteiger partial charge in [0, 0.05) is 22.2 Å². The molecule has 2 heterocycles. The second-order valence-corrected chi connectivity index (χ2v) is 10.0. The molecule has 0 saturated heterocycles. The lowest BCUT2D eigenvalue weighted by Crippen LogP contribution is -2.15. The van der Waals surface area contributed by atoms with E-state index in [9.17, 15) is 17.6 Å². The molecule has 0 fully saturated rings. The first-order chi connectivity index (χ1) is 16.9. The Kier molecular flexibility index (Phi) is 6.10. The lowest BCUT2D eigenvalue weighted by atomic mass is 10.1. The van der Waals surface area contributed by atoms with Gasteiger partial charge in [-0.3, -0.25) is 14.8 Å². The summed E-state index contributed by atoms with van der Waals surface area (Å²) < 4.78 is 51.8. The van der Waals surface area contributed by atoms with Crippen LogP contribution in [0.5, 0.6) is 11.5 Å². The van der Waals surface area contributed by atoms with Crippen LogP contribution in [0.3, 0.4) is 0 Å². The number of carbonyl (C=O) groups excluding carboxylic acids is 1. The maximum absolute atomic E-state index is 13.1. The molecule has 0 aliphatic carbocycles. The summed E-state index contributed by atoms with van der Waals surface area (Å²) in [4.78, 5) is 17.2. The van der Waals surface area contributed by atoms with Crippen molar-refractivity contribution in [1.82, 2.24) is 4.98 Å². The van der Waals surface area contributed by atoms with Crippen molar-refractivity contribution in [3.05, 3.63) is 83.5 Å². The fraction of sp³-hybridized carbons (Fsp3) is 0.0833. The van der Waals surface area contributed by atoms with Gasteiger partial charge in [0.05, 0.1) is 10.6 Å². The third-order valence-corrected chi connectivity index (χ3v) is 7.22. The van der Waals surface area contributed by atoms with Gasteiger partial charge in [0.25, 0.3) is 15.9 Å². The maximum atomic E-state index is 13.1. The van der Waals surface area contributed by atoms with Crippen LogP contribution in [0.1, 0.15) is 10.4 Å². The van der Waals surface area contributed by atoms with E-state index in [1.54, 1.807) is 12.1 Å². The fourth-order valence-corrected chi connectivity index (χ4v) is 5.15. The van der Waals surface area contributed by atoms with Gasteiger partial charge in [0.2, 0.25) is 0 Å². The number of rotatable bonds is 6. The lowest BCUT2D eigenvalue weighted by molar-refractivity contribution is 0.102. The smallest absolute Gasteiger partial charge is 0.261 e. The summed E-state index contributed by atoms with van der Waals surface area (Å²) in [5.74, 6) is 0.337. The van der Waals surface area contributed by atoms with Gasteiger partial charge < -0.3 is 9.47 Å². The highest BCUT2D eigenvalue weighted by molar-refractivity contribution is 7.92. The monoisotopic (exact) mass is 511 g/mol.